The summed E-state index contributed by atoms with van der Waals surface area (Å²) in [7, 11) is 0. The number of phenolic OH excluding ortho intramolecular Hbond substituents is 1. The second-order valence-electron chi connectivity index (χ2n) is 6.31. The summed E-state index contributed by atoms with van der Waals surface area (Å²) in [4.78, 5) is 2.48. The highest BCUT2D eigenvalue weighted by Crippen LogP contribution is 2.35. The zero-order valence-corrected chi connectivity index (χ0v) is 13.9. The summed E-state index contributed by atoms with van der Waals surface area (Å²) in [5.41, 5.74) is 2.16. The van der Waals surface area contributed by atoms with E-state index >= 15 is 0 Å². The van der Waals surface area contributed by atoms with Gasteiger partial charge in [-0.1, -0.05) is 19.9 Å². The van der Waals surface area contributed by atoms with Gasteiger partial charge < -0.3 is 15.3 Å². The lowest BCUT2D eigenvalue weighted by Gasteiger charge is -2.31. The summed E-state index contributed by atoms with van der Waals surface area (Å²) in [5.74, 6) is 0.414. The maximum absolute atomic E-state index is 10.4. The molecule has 0 bridgehead atoms. The Labute approximate surface area is 129 Å². The lowest BCUT2D eigenvalue weighted by Crippen LogP contribution is -2.34. The van der Waals surface area contributed by atoms with E-state index in [9.17, 15) is 5.11 Å². The molecule has 21 heavy (non-hydrogen) atoms. The summed E-state index contributed by atoms with van der Waals surface area (Å²) in [6.07, 6.45) is 4.78. The number of nitrogens with zero attached hydrogens (tertiary/aromatic N) is 1. The molecule has 2 N–H and O–H groups in total. The summed E-state index contributed by atoms with van der Waals surface area (Å²) in [6, 6.07) is 7.57. The van der Waals surface area contributed by atoms with Gasteiger partial charge in [0.05, 0.1) is 0 Å². The van der Waals surface area contributed by atoms with Crippen LogP contribution in [0.5, 0.6) is 5.75 Å². The van der Waals surface area contributed by atoms with Crippen molar-refractivity contribution < 1.29 is 5.11 Å². The molecule has 118 valence electrons. The second-order valence-corrected chi connectivity index (χ2v) is 6.31. The van der Waals surface area contributed by atoms with Crippen molar-refractivity contribution in [2.75, 3.05) is 11.4 Å². The van der Waals surface area contributed by atoms with Crippen LogP contribution in [0.1, 0.15) is 65.0 Å². The van der Waals surface area contributed by atoms with Crippen molar-refractivity contribution in [1.82, 2.24) is 5.32 Å². The molecule has 3 unspecified atom stereocenters. The molecule has 1 saturated heterocycles. The molecule has 0 aliphatic carbocycles. The van der Waals surface area contributed by atoms with E-state index in [1.807, 2.05) is 6.07 Å². The van der Waals surface area contributed by atoms with Gasteiger partial charge in [-0.25, -0.2) is 0 Å². The van der Waals surface area contributed by atoms with E-state index in [0.29, 0.717) is 17.8 Å². The lowest BCUT2D eigenvalue weighted by atomic mass is 10.1. The SMILES string of the molecule is CCCNC(C)c1ccc(N2C(C)CCC2CC)cc1O. The van der Waals surface area contributed by atoms with E-state index < -0.39 is 0 Å². The van der Waals surface area contributed by atoms with Gasteiger partial charge in [0.15, 0.2) is 0 Å². The predicted octanol–water partition coefficient (Wildman–Crippen LogP) is 4.22. The topological polar surface area (TPSA) is 35.5 Å². The maximum Gasteiger partial charge on any atom is 0.122 e. The van der Waals surface area contributed by atoms with Crippen LogP contribution >= 0.6 is 0 Å². The van der Waals surface area contributed by atoms with E-state index in [1.165, 1.54) is 19.3 Å². The maximum atomic E-state index is 10.4. The zero-order chi connectivity index (χ0) is 15.4. The largest absolute Gasteiger partial charge is 0.508 e. The highest BCUT2D eigenvalue weighted by Gasteiger charge is 2.29. The first-order valence-electron chi connectivity index (χ1n) is 8.43. The van der Waals surface area contributed by atoms with Gasteiger partial charge in [0.1, 0.15) is 5.75 Å². The van der Waals surface area contributed by atoms with Crippen molar-refractivity contribution in [1.29, 1.82) is 0 Å². The average molecular weight is 290 g/mol. The van der Waals surface area contributed by atoms with E-state index in [1.54, 1.807) is 0 Å². The molecule has 1 fully saturated rings. The quantitative estimate of drug-likeness (QED) is 0.823. The van der Waals surface area contributed by atoms with Crippen LogP contribution in [0.3, 0.4) is 0 Å². The Morgan fingerprint density at radius 1 is 1.33 bits per heavy atom. The van der Waals surface area contributed by atoms with Gasteiger partial charge in [-0.15, -0.1) is 0 Å². The van der Waals surface area contributed by atoms with Gasteiger partial charge in [-0.2, -0.15) is 0 Å². The number of phenols is 1. The molecule has 3 atom stereocenters. The average Bonchev–Trinajstić information content (AvgIpc) is 2.85. The molecule has 2 rings (SSSR count). The first kappa shape index (κ1) is 16.2. The Hall–Kier alpha value is -1.22. The first-order valence-corrected chi connectivity index (χ1v) is 8.43. The number of benzene rings is 1. The molecular weight excluding hydrogens is 260 g/mol. The highest BCUT2D eigenvalue weighted by molar-refractivity contribution is 5.56. The Bertz CT molecular complexity index is 461. The van der Waals surface area contributed by atoms with Crippen LogP contribution in [0.15, 0.2) is 18.2 Å². The fourth-order valence-electron chi connectivity index (χ4n) is 3.47. The summed E-state index contributed by atoms with van der Waals surface area (Å²) >= 11 is 0. The van der Waals surface area contributed by atoms with Crippen LogP contribution in [-0.4, -0.2) is 23.7 Å². The minimum Gasteiger partial charge on any atom is -0.508 e. The molecule has 1 aromatic carbocycles. The molecule has 1 aliphatic rings. The molecule has 0 radical (unpaired) electrons. The second kappa shape index (κ2) is 7.17. The van der Waals surface area contributed by atoms with Gasteiger partial charge in [-0.3, -0.25) is 0 Å². The zero-order valence-electron chi connectivity index (χ0n) is 13.9. The fraction of sp³-hybridized carbons (Fsp3) is 0.667. The Balaban J connectivity index is 2.18. The molecule has 1 aromatic rings. The van der Waals surface area contributed by atoms with Gasteiger partial charge in [0, 0.05) is 35.4 Å². The molecule has 0 spiro atoms. The first-order chi connectivity index (χ1) is 10.1. The number of hydrogen-bond donors (Lipinski definition) is 2. The minimum absolute atomic E-state index is 0.192. The third kappa shape index (κ3) is 3.52. The van der Waals surface area contributed by atoms with E-state index in [2.05, 4.69) is 50.0 Å². The van der Waals surface area contributed by atoms with Crippen molar-refractivity contribution in [3.8, 4) is 5.75 Å². The molecule has 3 nitrogen and oxygen atoms in total. The Morgan fingerprint density at radius 2 is 2.10 bits per heavy atom. The number of anilines is 1. The number of hydrogen-bond acceptors (Lipinski definition) is 3. The number of aromatic hydroxyl groups is 1. The number of rotatable bonds is 6. The van der Waals surface area contributed by atoms with Gasteiger partial charge in [0.25, 0.3) is 0 Å². The third-order valence-electron chi connectivity index (χ3n) is 4.74. The minimum atomic E-state index is 0.192. The summed E-state index contributed by atoms with van der Waals surface area (Å²) in [5, 5.41) is 13.8. The fourth-order valence-corrected chi connectivity index (χ4v) is 3.47. The van der Waals surface area contributed by atoms with Crippen molar-refractivity contribution >= 4 is 5.69 Å². The van der Waals surface area contributed by atoms with Crippen LogP contribution < -0.4 is 10.2 Å². The Morgan fingerprint density at radius 3 is 2.71 bits per heavy atom. The number of nitrogens with one attached hydrogen (secondary N) is 1. The smallest absolute Gasteiger partial charge is 0.122 e. The Kier molecular flexibility index (Phi) is 5.51. The standard InChI is InChI=1S/C18H30N2O/c1-5-11-19-14(4)17-10-9-16(12-18(17)21)20-13(3)7-8-15(20)6-2/h9-10,12-15,19,21H,5-8,11H2,1-4H3. The summed E-state index contributed by atoms with van der Waals surface area (Å²) < 4.78 is 0. The van der Waals surface area contributed by atoms with Crippen LogP contribution in [-0.2, 0) is 0 Å². The van der Waals surface area contributed by atoms with Crippen LogP contribution in [0, 0.1) is 0 Å². The van der Waals surface area contributed by atoms with E-state index in [0.717, 1.165) is 24.2 Å². The van der Waals surface area contributed by atoms with Crippen molar-refractivity contribution in [3.05, 3.63) is 23.8 Å². The molecule has 1 heterocycles. The molecule has 0 saturated carbocycles. The van der Waals surface area contributed by atoms with Crippen LogP contribution in [0.25, 0.3) is 0 Å². The van der Waals surface area contributed by atoms with E-state index in [4.69, 9.17) is 0 Å². The molecule has 0 aromatic heterocycles. The molecule has 0 amide bonds. The highest BCUT2D eigenvalue weighted by atomic mass is 16.3. The monoisotopic (exact) mass is 290 g/mol. The van der Waals surface area contributed by atoms with Crippen molar-refractivity contribution in [2.24, 2.45) is 0 Å². The molecule has 1 aliphatic heterocycles. The molecular formula is C18H30N2O. The lowest BCUT2D eigenvalue weighted by molar-refractivity contribution is 0.452. The van der Waals surface area contributed by atoms with Crippen LogP contribution in [0.4, 0.5) is 5.69 Å². The van der Waals surface area contributed by atoms with Crippen molar-refractivity contribution in [2.45, 2.75) is 71.5 Å². The van der Waals surface area contributed by atoms with E-state index in [-0.39, 0.29) is 6.04 Å². The predicted molar refractivity (Wildman–Crippen MR) is 90.1 cm³/mol. The normalized spacial score (nSPS) is 23.5. The van der Waals surface area contributed by atoms with Gasteiger partial charge >= 0.3 is 0 Å². The van der Waals surface area contributed by atoms with Gasteiger partial charge in [0.2, 0.25) is 0 Å². The van der Waals surface area contributed by atoms with Crippen LogP contribution in [0.2, 0.25) is 0 Å². The van der Waals surface area contributed by atoms with Gasteiger partial charge in [-0.05, 0) is 52.1 Å². The van der Waals surface area contributed by atoms with Crippen molar-refractivity contribution in [3.63, 3.8) is 0 Å². The molecule has 3 heteroatoms. The summed E-state index contributed by atoms with van der Waals surface area (Å²) in [6.45, 7) is 9.77. The third-order valence-corrected chi connectivity index (χ3v) is 4.74.